The van der Waals surface area contributed by atoms with Gasteiger partial charge >= 0.3 is 0 Å². The van der Waals surface area contributed by atoms with Gasteiger partial charge in [-0.15, -0.1) is 0 Å². The fourth-order valence-corrected chi connectivity index (χ4v) is 4.20. The number of halogens is 1. The molecule has 2 N–H and O–H groups in total. The number of benzene rings is 1. The van der Waals surface area contributed by atoms with Crippen LogP contribution in [0.3, 0.4) is 0 Å². The first-order chi connectivity index (χ1) is 9.86. The molecule has 1 aliphatic heterocycles. The Bertz CT molecular complexity index is 606. The van der Waals surface area contributed by atoms with Gasteiger partial charge in [0.2, 0.25) is 10.0 Å². The van der Waals surface area contributed by atoms with Gasteiger partial charge in [-0.05, 0) is 44.1 Å². The monoisotopic (exact) mass is 331 g/mol. The van der Waals surface area contributed by atoms with E-state index in [0.717, 1.165) is 24.9 Å². The van der Waals surface area contributed by atoms with Crippen LogP contribution in [0.2, 0.25) is 5.02 Å². The molecule has 0 saturated carbocycles. The van der Waals surface area contributed by atoms with Crippen molar-refractivity contribution < 1.29 is 8.42 Å². The highest BCUT2D eigenvalue weighted by Gasteiger charge is 2.28. The smallest absolute Gasteiger partial charge is 0.242 e. The Morgan fingerprint density at radius 3 is 2.71 bits per heavy atom. The molecule has 0 aliphatic carbocycles. The number of nitrogens with zero attached hydrogens (tertiary/aromatic N) is 2. The molecule has 0 amide bonds. The zero-order chi connectivity index (χ0) is 15.6. The maximum atomic E-state index is 12.6. The largest absolute Gasteiger partial charge is 0.326 e. The second-order valence-electron chi connectivity index (χ2n) is 5.52. The molecule has 1 atom stereocenters. The van der Waals surface area contributed by atoms with E-state index >= 15 is 0 Å². The molecule has 0 aromatic heterocycles. The van der Waals surface area contributed by atoms with Crippen molar-refractivity contribution in [3.63, 3.8) is 0 Å². The number of nitrogens with two attached hydrogens (primary N) is 1. The minimum absolute atomic E-state index is 0.216. The molecule has 1 saturated heterocycles. The van der Waals surface area contributed by atoms with E-state index in [1.807, 2.05) is 7.05 Å². The van der Waals surface area contributed by atoms with Crippen LogP contribution in [0, 0.1) is 0 Å². The molecule has 1 aromatic rings. The summed E-state index contributed by atoms with van der Waals surface area (Å²) in [5, 5.41) is 0.393. The zero-order valence-corrected chi connectivity index (χ0v) is 14.0. The molecule has 1 aromatic carbocycles. The van der Waals surface area contributed by atoms with Gasteiger partial charge in [0.1, 0.15) is 0 Å². The maximum absolute atomic E-state index is 12.6. The fraction of sp³-hybridized carbons (Fsp3) is 0.571. The quantitative estimate of drug-likeness (QED) is 0.888. The van der Waals surface area contributed by atoms with Crippen LogP contribution in [-0.4, -0.2) is 50.8 Å². The molecule has 0 bridgehead atoms. The lowest BCUT2D eigenvalue weighted by Crippen LogP contribution is -2.39. The number of likely N-dealkylation sites (tertiary alicyclic amines) is 1. The minimum Gasteiger partial charge on any atom is -0.326 e. The van der Waals surface area contributed by atoms with Gasteiger partial charge in [-0.3, -0.25) is 0 Å². The third-order valence-electron chi connectivity index (χ3n) is 4.09. The number of rotatable bonds is 5. The van der Waals surface area contributed by atoms with Crippen LogP contribution in [0.15, 0.2) is 23.1 Å². The number of hydrogen-bond donors (Lipinski definition) is 1. The van der Waals surface area contributed by atoms with Gasteiger partial charge in [0, 0.05) is 31.2 Å². The molecule has 1 unspecified atom stereocenters. The summed E-state index contributed by atoms with van der Waals surface area (Å²) in [4.78, 5) is 2.42. The minimum atomic E-state index is -3.52. The summed E-state index contributed by atoms with van der Waals surface area (Å²) in [6, 6.07) is 5.00. The Labute approximate surface area is 131 Å². The van der Waals surface area contributed by atoms with Crippen molar-refractivity contribution in [2.24, 2.45) is 5.73 Å². The summed E-state index contributed by atoms with van der Waals surface area (Å²) in [5.41, 5.74) is 6.29. The third kappa shape index (κ3) is 3.57. The van der Waals surface area contributed by atoms with Gasteiger partial charge < -0.3 is 10.6 Å². The van der Waals surface area contributed by atoms with Crippen LogP contribution in [0.5, 0.6) is 0 Å². The van der Waals surface area contributed by atoms with Gasteiger partial charge in [0.15, 0.2) is 0 Å². The van der Waals surface area contributed by atoms with E-state index in [0.29, 0.717) is 18.1 Å². The van der Waals surface area contributed by atoms with Gasteiger partial charge in [-0.25, -0.2) is 8.42 Å². The number of hydrogen-bond acceptors (Lipinski definition) is 4. The van der Waals surface area contributed by atoms with Crippen molar-refractivity contribution in [1.29, 1.82) is 0 Å². The molecule has 0 spiro atoms. The lowest BCUT2D eigenvalue weighted by atomic mass is 10.2. The summed E-state index contributed by atoms with van der Waals surface area (Å²) < 4.78 is 26.6. The van der Waals surface area contributed by atoms with E-state index in [1.165, 1.54) is 10.4 Å². The average molecular weight is 332 g/mol. The molecule has 5 nitrogen and oxygen atoms in total. The normalized spacial score (nSPS) is 20.3. The molecular formula is C14H22ClN3O2S. The molecule has 2 rings (SSSR count). The summed E-state index contributed by atoms with van der Waals surface area (Å²) in [7, 11) is 0.134. The zero-order valence-electron chi connectivity index (χ0n) is 12.4. The molecule has 0 radical (unpaired) electrons. The predicted molar refractivity (Wildman–Crippen MR) is 84.8 cm³/mol. The Balaban J connectivity index is 2.18. The maximum Gasteiger partial charge on any atom is 0.242 e. The highest BCUT2D eigenvalue weighted by atomic mass is 35.5. The molecular weight excluding hydrogens is 310 g/mol. The van der Waals surface area contributed by atoms with Gasteiger partial charge in [0.25, 0.3) is 0 Å². The molecule has 21 heavy (non-hydrogen) atoms. The Morgan fingerprint density at radius 1 is 1.48 bits per heavy atom. The van der Waals surface area contributed by atoms with Crippen LogP contribution in [0.25, 0.3) is 0 Å². The highest BCUT2D eigenvalue weighted by molar-refractivity contribution is 7.89. The SMILES string of the molecule is CN1CCCC1CN(C)S(=O)(=O)c1ccc(CN)c(Cl)c1. The van der Waals surface area contributed by atoms with Crippen molar-refractivity contribution >= 4 is 21.6 Å². The van der Waals surface area contributed by atoms with Crippen LogP contribution in [0.1, 0.15) is 18.4 Å². The lowest BCUT2D eigenvalue weighted by Gasteiger charge is -2.25. The summed E-state index contributed by atoms with van der Waals surface area (Å²) in [5.74, 6) is 0. The van der Waals surface area contributed by atoms with E-state index in [4.69, 9.17) is 17.3 Å². The van der Waals surface area contributed by atoms with Crippen molar-refractivity contribution in [1.82, 2.24) is 9.21 Å². The van der Waals surface area contributed by atoms with E-state index in [1.54, 1.807) is 19.2 Å². The Hall–Kier alpha value is -0.660. The molecule has 1 aliphatic rings. The summed E-state index contributed by atoms with van der Waals surface area (Å²) in [6.07, 6.45) is 2.15. The van der Waals surface area contributed by atoms with Gasteiger partial charge in [-0.1, -0.05) is 17.7 Å². The first kappa shape index (κ1) is 16.7. The topological polar surface area (TPSA) is 66.6 Å². The van der Waals surface area contributed by atoms with Crippen molar-refractivity contribution in [2.75, 3.05) is 27.2 Å². The highest BCUT2D eigenvalue weighted by Crippen LogP contribution is 2.24. The van der Waals surface area contributed by atoms with E-state index in [-0.39, 0.29) is 10.9 Å². The summed E-state index contributed by atoms with van der Waals surface area (Å²) >= 11 is 6.06. The van der Waals surface area contributed by atoms with Crippen LogP contribution in [0.4, 0.5) is 0 Å². The van der Waals surface area contributed by atoms with Crippen molar-refractivity contribution in [3.05, 3.63) is 28.8 Å². The van der Waals surface area contributed by atoms with Gasteiger partial charge in [-0.2, -0.15) is 4.31 Å². The van der Waals surface area contributed by atoms with Crippen molar-refractivity contribution in [3.8, 4) is 0 Å². The van der Waals surface area contributed by atoms with Crippen LogP contribution in [-0.2, 0) is 16.6 Å². The molecule has 118 valence electrons. The second kappa shape index (κ2) is 6.62. The first-order valence-corrected chi connectivity index (χ1v) is 8.83. The van der Waals surface area contributed by atoms with E-state index in [9.17, 15) is 8.42 Å². The fourth-order valence-electron chi connectivity index (χ4n) is 2.64. The molecule has 7 heteroatoms. The number of sulfonamides is 1. The Kier molecular flexibility index (Phi) is 5.27. The van der Waals surface area contributed by atoms with E-state index < -0.39 is 10.0 Å². The first-order valence-electron chi connectivity index (χ1n) is 7.01. The third-order valence-corrected chi connectivity index (χ3v) is 6.26. The molecule has 1 heterocycles. The van der Waals surface area contributed by atoms with Gasteiger partial charge in [0.05, 0.1) is 4.90 Å². The van der Waals surface area contributed by atoms with Crippen molar-refractivity contribution in [2.45, 2.75) is 30.3 Å². The predicted octanol–water partition coefficient (Wildman–Crippen LogP) is 1.51. The summed E-state index contributed by atoms with van der Waals surface area (Å²) in [6.45, 7) is 1.81. The van der Waals surface area contributed by atoms with Crippen LogP contribution >= 0.6 is 11.6 Å². The second-order valence-corrected chi connectivity index (χ2v) is 7.97. The number of likely N-dealkylation sites (N-methyl/N-ethyl adjacent to an activating group) is 2. The molecule has 1 fully saturated rings. The standard InChI is InChI=1S/C14H22ClN3O2S/c1-17-7-3-4-12(17)10-18(2)21(19,20)13-6-5-11(9-16)14(15)8-13/h5-6,8,12H,3-4,7,9-10,16H2,1-2H3. The average Bonchev–Trinajstić information content (AvgIpc) is 2.84. The Morgan fingerprint density at radius 2 is 2.19 bits per heavy atom. The van der Waals surface area contributed by atoms with Crippen LogP contribution < -0.4 is 5.73 Å². The van der Waals surface area contributed by atoms with E-state index in [2.05, 4.69) is 4.90 Å². The lowest BCUT2D eigenvalue weighted by molar-refractivity contribution is 0.271.